The first-order chi connectivity index (χ1) is 9.74. The Bertz CT molecular complexity index is 744. The summed E-state index contributed by atoms with van der Waals surface area (Å²) in [5.74, 6) is -0.159. The molecule has 0 spiro atoms. The molecule has 4 N–H and O–H groups in total. The maximum atomic E-state index is 11.9. The predicted octanol–water partition coefficient (Wildman–Crippen LogP) is 0.857. The molecule has 0 aliphatic heterocycles. The fourth-order valence-electron chi connectivity index (χ4n) is 1.99. The van der Waals surface area contributed by atoms with Gasteiger partial charge in [0.15, 0.2) is 0 Å². The second-order valence-corrected chi connectivity index (χ2v) is 4.44. The molecule has 0 radical (unpaired) electrons. The van der Waals surface area contributed by atoms with Gasteiger partial charge in [-0.2, -0.15) is 0 Å². The monoisotopic (exact) mass is 270 g/mol. The molecule has 20 heavy (non-hydrogen) atoms. The van der Waals surface area contributed by atoms with Crippen LogP contribution in [0, 0.1) is 0 Å². The summed E-state index contributed by atoms with van der Waals surface area (Å²) < 4.78 is 1.46. The Morgan fingerprint density at radius 1 is 1.40 bits per heavy atom. The van der Waals surface area contributed by atoms with Gasteiger partial charge in [-0.25, -0.2) is 4.68 Å². The van der Waals surface area contributed by atoms with Crippen LogP contribution in [0.25, 0.3) is 10.9 Å². The number of anilines is 1. The van der Waals surface area contributed by atoms with Crippen molar-refractivity contribution in [2.45, 2.75) is 13.1 Å². The second kappa shape index (κ2) is 5.14. The number of hydrogen-bond donors (Lipinski definition) is 3. The average Bonchev–Trinajstić information content (AvgIpc) is 3.06. The zero-order chi connectivity index (χ0) is 13.9. The van der Waals surface area contributed by atoms with Crippen molar-refractivity contribution in [2.75, 3.05) is 5.32 Å². The van der Waals surface area contributed by atoms with Crippen LogP contribution in [0.15, 0.2) is 36.7 Å². The van der Waals surface area contributed by atoms with Gasteiger partial charge in [-0.3, -0.25) is 4.79 Å². The van der Waals surface area contributed by atoms with Gasteiger partial charge in [-0.05, 0) is 24.3 Å². The van der Waals surface area contributed by atoms with Crippen molar-refractivity contribution in [3.05, 3.63) is 42.4 Å². The number of carbonyl (C=O) groups excluding carboxylic acids is 1. The molecular weight excluding hydrogens is 256 g/mol. The van der Waals surface area contributed by atoms with Crippen LogP contribution in [0.3, 0.4) is 0 Å². The van der Waals surface area contributed by atoms with Gasteiger partial charge < -0.3 is 16.0 Å². The molecule has 3 aromatic rings. The highest BCUT2D eigenvalue weighted by Crippen LogP contribution is 2.17. The van der Waals surface area contributed by atoms with E-state index in [4.69, 9.17) is 5.73 Å². The molecule has 3 rings (SSSR count). The molecule has 0 bridgehead atoms. The van der Waals surface area contributed by atoms with Crippen molar-refractivity contribution in [2.24, 2.45) is 5.73 Å². The molecule has 0 aliphatic carbocycles. The Kier molecular flexibility index (Phi) is 3.18. The van der Waals surface area contributed by atoms with Gasteiger partial charge in [0.25, 0.3) is 0 Å². The van der Waals surface area contributed by atoms with Crippen molar-refractivity contribution in [3.63, 3.8) is 0 Å². The molecule has 0 fully saturated rings. The standard InChI is InChI=1S/C13H14N6O/c14-6-11-7-19(18-17-11)8-13(20)16-10-1-2-12-9(5-10)3-4-15-12/h1-5,7,15H,6,8,14H2,(H,16,20). The van der Waals surface area contributed by atoms with Crippen LogP contribution in [0.4, 0.5) is 5.69 Å². The van der Waals surface area contributed by atoms with Gasteiger partial charge in [0.2, 0.25) is 5.91 Å². The highest BCUT2D eigenvalue weighted by atomic mass is 16.2. The summed E-state index contributed by atoms with van der Waals surface area (Å²) >= 11 is 0. The Balaban J connectivity index is 1.68. The van der Waals surface area contributed by atoms with Gasteiger partial charge in [-0.1, -0.05) is 5.21 Å². The van der Waals surface area contributed by atoms with Crippen LogP contribution in [0.5, 0.6) is 0 Å². The van der Waals surface area contributed by atoms with Crippen molar-refractivity contribution in [1.29, 1.82) is 0 Å². The molecule has 7 nitrogen and oxygen atoms in total. The number of benzene rings is 1. The fraction of sp³-hybridized carbons (Fsp3) is 0.154. The van der Waals surface area contributed by atoms with E-state index in [0.717, 1.165) is 16.6 Å². The molecule has 0 saturated carbocycles. The van der Waals surface area contributed by atoms with E-state index in [-0.39, 0.29) is 12.5 Å². The van der Waals surface area contributed by atoms with Gasteiger partial charge in [0.05, 0.1) is 11.9 Å². The number of fused-ring (bicyclic) bond motifs is 1. The van der Waals surface area contributed by atoms with E-state index >= 15 is 0 Å². The van der Waals surface area contributed by atoms with E-state index in [2.05, 4.69) is 20.6 Å². The average molecular weight is 270 g/mol. The van der Waals surface area contributed by atoms with E-state index in [1.165, 1.54) is 4.68 Å². The van der Waals surface area contributed by atoms with Crippen molar-refractivity contribution < 1.29 is 4.79 Å². The molecule has 0 saturated heterocycles. The number of aromatic amines is 1. The summed E-state index contributed by atoms with van der Waals surface area (Å²) in [4.78, 5) is 15.0. The largest absolute Gasteiger partial charge is 0.361 e. The summed E-state index contributed by atoms with van der Waals surface area (Å²) in [5, 5.41) is 11.5. The van der Waals surface area contributed by atoms with Gasteiger partial charge in [0, 0.05) is 29.3 Å². The van der Waals surface area contributed by atoms with E-state index in [0.29, 0.717) is 12.2 Å². The third kappa shape index (κ3) is 2.52. The van der Waals surface area contributed by atoms with Crippen LogP contribution in [0.1, 0.15) is 5.69 Å². The molecule has 1 amide bonds. The van der Waals surface area contributed by atoms with Crippen molar-refractivity contribution >= 4 is 22.5 Å². The SMILES string of the molecule is NCc1cn(CC(=O)Nc2ccc3[nH]ccc3c2)nn1. The summed E-state index contributed by atoms with van der Waals surface area (Å²) in [6.45, 7) is 0.421. The Hall–Kier alpha value is -2.67. The molecule has 1 aromatic carbocycles. The first-order valence-corrected chi connectivity index (χ1v) is 6.20. The molecule has 0 unspecified atom stereocenters. The minimum absolute atomic E-state index is 0.109. The number of aromatic nitrogens is 4. The lowest BCUT2D eigenvalue weighted by Gasteiger charge is -2.05. The smallest absolute Gasteiger partial charge is 0.246 e. The van der Waals surface area contributed by atoms with E-state index in [1.54, 1.807) is 6.20 Å². The summed E-state index contributed by atoms with van der Waals surface area (Å²) in [6, 6.07) is 7.64. The number of nitrogens with two attached hydrogens (primary N) is 1. The fourth-order valence-corrected chi connectivity index (χ4v) is 1.99. The number of nitrogens with one attached hydrogen (secondary N) is 2. The Morgan fingerprint density at radius 2 is 2.30 bits per heavy atom. The van der Waals surface area contributed by atoms with Gasteiger partial charge >= 0.3 is 0 Å². The molecule has 102 valence electrons. The third-order valence-corrected chi connectivity index (χ3v) is 2.94. The van der Waals surface area contributed by atoms with E-state index in [1.807, 2.05) is 30.5 Å². The van der Waals surface area contributed by atoms with Crippen molar-refractivity contribution in [3.8, 4) is 0 Å². The topological polar surface area (TPSA) is 102 Å². The second-order valence-electron chi connectivity index (χ2n) is 4.44. The van der Waals surface area contributed by atoms with Crippen LogP contribution in [0.2, 0.25) is 0 Å². The number of rotatable bonds is 4. The zero-order valence-corrected chi connectivity index (χ0v) is 10.7. The highest BCUT2D eigenvalue weighted by Gasteiger charge is 2.06. The zero-order valence-electron chi connectivity index (χ0n) is 10.7. The molecule has 7 heteroatoms. The van der Waals surface area contributed by atoms with Crippen LogP contribution < -0.4 is 11.1 Å². The maximum Gasteiger partial charge on any atom is 0.246 e. The molecule has 0 aliphatic rings. The molecule has 0 atom stereocenters. The number of H-pyrrole nitrogens is 1. The predicted molar refractivity (Wildman–Crippen MR) is 74.8 cm³/mol. The lowest BCUT2D eigenvalue weighted by Crippen LogP contribution is -2.19. The first-order valence-electron chi connectivity index (χ1n) is 6.20. The Labute approximate surface area is 114 Å². The highest BCUT2D eigenvalue weighted by molar-refractivity contribution is 5.93. The van der Waals surface area contributed by atoms with Gasteiger partial charge in [0.1, 0.15) is 6.54 Å². The first kappa shape index (κ1) is 12.4. The lowest BCUT2D eigenvalue weighted by molar-refractivity contribution is -0.116. The van der Waals surface area contributed by atoms with Gasteiger partial charge in [-0.15, -0.1) is 5.10 Å². The number of amides is 1. The van der Waals surface area contributed by atoms with Crippen LogP contribution in [-0.4, -0.2) is 25.9 Å². The lowest BCUT2D eigenvalue weighted by atomic mass is 10.2. The van der Waals surface area contributed by atoms with Crippen molar-refractivity contribution in [1.82, 2.24) is 20.0 Å². The quantitative estimate of drug-likeness (QED) is 0.654. The molecule has 2 heterocycles. The maximum absolute atomic E-state index is 11.9. The minimum Gasteiger partial charge on any atom is -0.361 e. The summed E-state index contributed by atoms with van der Waals surface area (Å²) in [5.41, 5.74) is 7.88. The number of hydrogen-bond acceptors (Lipinski definition) is 4. The van der Waals surface area contributed by atoms with Crippen LogP contribution in [-0.2, 0) is 17.9 Å². The molecule has 2 aromatic heterocycles. The van der Waals surface area contributed by atoms with Crippen LogP contribution >= 0.6 is 0 Å². The molecular formula is C13H14N6O. The summed E-state index contributed by atoms with van der Waals surface area (Å²) in [6.07, 6.45) is 3.52. The van der Waals surface area contributed by atoms with E-state index < -0.39 is 0 Å². The normalized spacial score (nSPS) is 10.8. The minimum atomic E-state index is -0.159. The third-order valence-electron chi connectivity index (χ3n) is 2.94. The summed E-state index contributed by atoms with van der Waals surface area (Å²) in [7, 11) is 0. The van der Waals surface area contributed by atoms with E-state index in [9.17, 15) is 4.79 Å². The number of nitrogens with zero attached hydrogens (tertiary/aromatic N) is 3. The Morgan fingerprint density at radius 3 is 3.10 bits per heavy atom. The number of carbonyl (C=O) groups is 1.